The molecule has 11 heteroatoms. The number of carbonyl (C=O) groups is 1. The maximum absolute atomic E-state index is 12.8. The van der Waals surface area contributed by atoms with Crippen LogP contribution >= 0.6 is 23.2 Å². The summed E-state index contributed by atoms with van der Waals surface area (Å²) in [5, 5.41) is 0.163. The standard InChI is InChI=1S/C17H14Cl2F3NO4S/c1-27-16(24)11-5-7-13(8-6-11)23(28(25,26)10-17(20,21)22)9-12-3-2-4-14(18)15(12)19/h2-8H,9-10H2,1H3. The summed E-state index contributed by atoms with van der Waals surface area (Å²) in [5.74, 6) is -2.73. The number of benzene rings is 2. The summed E-state index contributed by atoms with van der Waals surface area (Å²) >= 11 is 12.0. The van der Waals surface area contributed by atoms with Crippen molar-refractivity contribution in [1.29, 1.82) is 0 Å². The Balaban J connectivity index is 2.50. The Kier molecular flexibility index (Phi) is 6.84. The molecule has 152 valence electrons. The predicted molar refractivity (Wildman–Crippen MR) is 100 cm³/mol. The van der Waals surface area contributed by atoms with E-state index in [0.717, 1.165) is 7.11 Å². The van der Waals surface area contributed by atoms with Gasteiger partial charge in [-0.1, -0.05) is 35.3 Å². The predicted octanol–water partition coefficient (Wildman–Crippen LogP) is 4.68. The van der Waals surface area contributed by atoms with Gasteiger partial charge in [-0.3, -0.25) is 4.31 Å². The summed E-state index contributed by atoms with van der Waals surface area (Å²) < 4.78 is 68.5. The minimum Gasteiger partial charge on any atom is -0.465 e. The lowest BCUT2D eigenvalue weighted by Gasteiger charge is -2.26. The molecule has 0 saturated heterocycles. The van der Waals surface area contributed by atoms with Crippen molar-refractivity contribution in [2.75, 3.05) is 17.2 Å². The molecule has 5 nitrogen and oxygen atoms in total. The molecule has 0 spiro atoms. The fourth-order valence-electron chi connectivity index (χ4n) is 2.34. The largest absolute Gasteiger partial charge is 0.465 e. The first-order valence-corrected chi connectivity index (χ1v) is 9.99. The summed E-state index contributed by atoms with van der Waals surface area (Å²) in [6, 6.07) is 9.32. The molecule has 0 aliphatic rings. The van der Waals surface area contributed by atoms with Crippen LogP contribution in [0.3, 0.4) is 0 Å². The van der Waals surface area contributed by atoms with Gasteiger partial charge in [0.05, 0.1) is 35.0 Å². The van der Waals surface area contributed by atoms with Gasteiger partial charge in [-0.2, -0.15) is 13.2 Å². The van der Waals surface area contributed by atoms with Crippen LogP contribution in [0.5, 0.6) is 0 Å². The van der Waals surface area contributed by atoms with Gasteiger partial charge in [-0.25, -0.2) is 13.2 Å². The topological polar surface area (TPSA) is 63.7 Å². The molecule has 0 saturated carbocycles. The van der Waals surface area contributed by atoms with E-state index in [1.165, 1.54) is 42.5 Å². The molecule has 0 bridgehead atoms. The van der Waals surface area contributed by atoms with Crippen molar-refractivity contribution >= 4 is 44.9 Å². The maximum atomic E-state index is 12.8. The number of carbonyl (C=O) groups excluding carboxylic acids is 1. The van der Waals surface area contributed by atoms with Crippen molar-refractivity contribution in [1.82, 2.24) is 0 Å². The number of methoxy groups -OCH3 is 1. The van der Waals surface area contributed by atoms with Crippen LogP contribution in [-0.2, 0) is 21.3 Å². The highest BCUT2D eigenvalue weighted by Crippen LogP contribution is 2.31. The van der Waals surface area contributed by atoms with Crippen molar-refractivity contribution < 1.29 is 31.1 Å². The molecule has 0 heterocycles. The summed E-state index contributed by atoms with van der Waals surface area (Å²) in [5.41, 5.74) is 0.255. The van der Waals surface area contributed by atoms with Gasteiger partial charge in [-0.05, 0) is 35.9 Å². The van der Waals surface area contributed by atoms with E-state index in [0.29, 0.717) is 4.31 Å². The average molecular weight is 456 g/mol. The van der Waals surface area contributed by atoms with E-state index in [2.05, 4.69) is 4.74 Å². The molecular formula is C17H14Cl2F3NO4S. The van der Waals surface area contributed by atoms with Crippen molar-refractivity contribution in [2.45, 2.75) is 12.7 Å². The lowest BCUT2D eigenvalue weighted by atomic mass is 10.2. The van der Waals surface area contributed by atoms with Gasteiger partial charge in [0.15, 0.2) is 5.75 Å². The van der Waals surface area contributed by atoms with Crippen LogP contribution < -0.4 is 4.31 Å². The Bertz CT molecular complexity index is 963. The molecule has 0 aliphatic carbocycles. The average Bonchev–Trinajstić information content (AvgIpc) is 2.60. The van der Waals surface area contributed by atoms with Gasteiger partial charge >= 0.3 is 12.1 Å². The maximum Gasteiger partial charge on any atom is 0.404 e. The molecule has 0 unspecified atom stereocenters. The SMILES string of the molecule is COC(=O)c1ccc(N(Cc2cccc(Cl)c2Cl)S(=O)(=O)CC(F)(F)F)cc1. The quantitative estimate of drug-likeness (QED) is 0.593. The lowest BCUT2D eigenvalue weighted by Crippen LogP contribution is -2.37. The molecule has 0 radical (unpaired) electrons. The fourth-order valence-corrected chi connectivity index (χ4v) is 4.07. The van der Waals surface area contributed by atoms with Crippen LogP contribution in [0.2, 0.25) is 10.0 Å². The van der Waals surface area contributed by atoms with E-state index in [1.54, 1.807) is 0 Å². The number of hydrogen-bond donors (Lipinski definition) is 0. The molecular weight excluding hydrogens is 442 g/mol. The van der Waals surface area contributed by atoms with Crippen molar-refractivity contribution in [2.24, 2.45) is 0 Å². The molecule has 0 aromatic heterocycles. The van der Waals surface area contributed by atoms with Gasteiger partial charge in [-0.15, -0.1) is 0 Å². The lowest BCUT2D eigenvalue weighted by molar-refractivity contribution is -0.106. The molecule has 28 heavy (non-hydrogen) atoms. The first kappa shape index (κ1) is 22.3. The number of nitrogens with zero attached hydrogens (tertiary/aromatic N) is 1. The minimum absolute atomic E-state index is 0.0301. The van der Waals surface area contributed by atoms with Crippen molar-refractivity contribution in [3.05, 3.63) is 63.6 Å². The van der Waals surface area contributed by atoms with Crippen LogP contribution in [0.1, 0.15) is 15.9 Å². The Morgan fingerprint density at radius 1 is 1.11 bits per heavy atom. The highest BCUT2D eigenvalue weighted by molar-refractivity contribution is 7.92. The van der Waals surface area contributed by atoms with Gasteiger partial charge in [0, 0.05) is 0 Å². The van der Waals surface area contributed by atoms with Gasteiger partial charge < -0.3 is 4.74 Å². The van der Waals surface area contributed by atoms with Crippen LogP contribution in [0, 0.1) is 0 Å². The number of ether oxygens (including phenoxy) is 1. The summed E-state index contributed by atoms with van der Waals surface area (Å²) in [4.78, 5) is 11.5. The highest BCUT2D eigenvalue weighted by atomic mass is 35.5. The van der Waals surface area contributed by atoms with E-state index < -0.39 is 34.5 Å². The first-order valence-electron chi connectivity index (χ1n) is 7.63. The normalized spacial score (nSPS) is 11.9. The summed E-state index contributed by atoms with van der Waals surface area (Å²) in [7, 11) is -3.64. The summed E-state index contributed by atoms with van der Waals surface area (Å²) in [6.45, 7) is -0.477. The second-order valence-corrected chi connectivity index (χ2v) is 8.31. The number of alkyl halides is 3. The molecule has 2 aromatic rings. The Morgan fingerprint density at radius 2 is 1.71 bits per heavy atom. The number of hydrogen-bond acceptors (Lipinski definition) is 4. The number of anilines is 1. The molecule has 0 amide bonds. The van der Waals surface area contributed by atoms with Crippen molar-refractivity contribution in [3.8, 4) is 0 Å². The van der Waals surface area contributed by atoms with E-state index in [-0.39, 0.29) is 26.9 Å². The van der Waals surface area contributed by atoms with E-state index in [4.69, 9.17) is 23.2 Å². The zero-order chi connectivity index (χ0) is 21.1. The number of sulfonamides is 1. The van der Waals surface area contributed by atoms with Gasteiger partial charge in [0.2, 0.25) is 10.0 Å². The van der Waals surface area contributed by atoms with E-state index in [1.807, 2.05) is 0 Å². The molecule has 0 N–H and O–H groups in total. The third kappa shape index (κ3) is 5.52. The smallest absolute Gasteiger partial charge is 0.404 e. The third-order valence-electron chi connectivity index (χ3n) is 3.60. The Morgan fingerprint density at radius 3 is 2.25 bits per heavy atom. The second-order valence-electron chi connectivity index (χ2n) is 5.63. The molecule has 2 aromatic carbocycles. The minimum atomic E-state index is -4.94. The zero-order valence-corrected chi connectivity index (χ0v) is 16.7. The molecule has 2 rings (SSSR count). The van der Waals surface area contributed by atoms with Crippen LogP contribution in [0.25, 0.3) is 0 Å². The van der Waals surface area contributed by atoms with Crippen LogP contribution in [0.15, 0.2) is 42.5 Å². The highest BCUT2D eigenvalue weighted by Gasteiger charge is 2.39. The number of esters is 1. The molecule has 0 fully saturated rings. The van der Waals surface area contributed by atoms with Crippen molar-refractivity contribution in [3.63, 3.8) is 0 Å². The Hall–Kier alpha value is -1.97. The van der Waals surface area contributed by atoms with Crippen LogP contribution in [0.4, 0.5) is 18.9 Å². The van der Waals surface area contributed by atoms with E-state index >= 15 is 0 Å². The fraction of sp³-hybridized carbons (Fsp3) is 0.235. The molecule has 0 aliphatic heterocycles. The Labute approximate surface area is 169 Å². The number of halogens is 5. The number of rotatable bonds is 6. The zero-order valence-electron chi connectivity index (χ0n) is 14.3. The van der Waals surface area contributed by atoms with E-state index in [9.17, 15) is 26.4 Å². The monoisotopic (exact) mass is 455 g/mol. The van der Waals surface area contributed by atoms with Gasteiger partial charge in [0.25, 0.3) is 0 Å². The summed E-state index contributed by atoms with van der Waals surface area (Å²) in [6.07, 6.45) is -4.94. The second kappa shape index (κ2) is 8.59. The molecule has 0 atom stereocenters. The van der Waals surface area contributed by atoms with Gasteiger partial charge in [0.1, 0.15) is 0 Å². The first-order chi connectivity index (χ1) is 12.9. The van der Waals surface area contributed by atoms with Crippen LogP contribution in [-0.4, -0.2) is 33.4 Å². The third-order valence-corrected chi connectivity index (χ3v) is 6.17.